The van der Waals surface area contributed by atoms with Crippen LogP contribution in [0.2, 0.25) is 5.02 Å². The SMILES string of the molecule is N#Cc1c(N2CCN(c3ccc(Cl)cc3)CC2)n[nH]c1N. The van der Waals surface area contributed by atoms with Gasteiger partial charge in [0.25, 0.3) is 0 Å². The first-order valence-corrected chi connectivity index (χ1v) is 7.06. The fourth-order valence-electron chi connectivity index (χ4n) is 2.51. The summed E-state index contributed by atoms with van der Waals surface area (Å²) in [6.45, 7) is 3.31. The van der Waals surface area contributed by atoms with Crippen LogP contribution in [0.5, 0.6) is 0 Å². The predicted octanol–water partition coefficient (Wildman–Crippen LogP) is 1.84. The number of hydrogen-bond donors (Lipinski definition) is 2. The van der Waals surface area contributed by atoms with E-state index in [9.17, 15) is 0 Å². The molecule has 0 saturated carbocycles. The van der Waals surface area contributed by atoms with Crippen molar-refractivity contribution in [2.24, 2.45) is 0 Å². The van der Waals surface area contributed by atoms with Gasteiger partial charge in [0.15, 0.2) is 5.82 Å². The molecule has 3 N–H and O–H groups in total. The van der Waals surface area contributed by atoms with Crippen molar-refractivity contribution in [3.8, 4) is 6.07 Å². The summed E-state index contributed by atoms with van der Waals surface area (Å²) in [7, 11) is 0. The van der Waals surface area contributed by atoms with Gasteiger partial charge >= 0.3 is 0 Å². The van der Waals surface area contributed by atoms with E-state index < -0.39 is 0 Å². The maximum absolute atomic E-state index is 9.14. The Morgan fingerprint density at radius 1 is 1.14 bits per heavy atom. The Hall–Kier alpha value is -2.39. The Labute approximate surface area is 127 Å². The number of nitrogens with one attached hydrogen (secondary N) is 1. The minimum absolute atomic E-state index is 0.327. The zero-order valence-electron chi connectivity index (χ0n) is 11.4. The molecular formula is C14H15ClN6. The number of nitrogens with zero attached hydrogens (tertiary/aromatic N) is 4. The van der Waals surface area contributed by atoms with Gasteiger partial charge in [0.05, 0.1) is 0 Å². The lowest BCUT2D eigenvalue weighted by molar-refractivity contribution is 0.646. The summed E-state index contributed by atoms with van der Waals surface area (Å²) in [5, 5.41) is 16.7. The fraction of sp³-hybridized carbons (Fsp3) is 0.286. The Morgan fingerprint density at radius 3 is 2.38 bits per heavy atom. The number of nitrogen functional groups attached to an aromatic ring is 1. The molecular weight excluding hydrogens is 288 g/mol. The van der Waals surface area contributed by atoms with Crippen molar-refractivity contribution in [1.29, 1.82) is 5.26 Å². The van der Waals surface area contributed by atoms with Crippen LogP contribution < -0.4 is 15.5 Å². The molecule has 0 bridgehead atoms. The molecule has 0 spiro atoms. The van der Waals surface area contributed by atoms with Crippen LogP contribution in [0.25, 0.3) is 0 Å². The molecule has 1 fully saturated rings. The first-order chi connectivity index (χ1) is 10.2. The lowest BCUT2D eigenvalue weighted by atomic mass is 10.2. The Balaban J connectivity index is 1.70. The van der Waals surface area contributed by atoms with E-state index in [1.165, 1.54) is 0 Å². The van der Waals surface area contributed by atoms with Crippen LogP contribution in [0, 0.1) is 11.3 Å². The van der Waals surface area contributed by atoms with Crippen molar-refractivity contribution >= 4 is 28.9 Å². The Morgan fingerprint density at radius 2 is 1.76 bits per heavy atom. The van der Waals surface area contributed by atoms with Gasteiger partial charge in [-0.15, -0.1) is 0 Å². The number of hydrogen-bond acceptors (Lipinski definition) is 5. The van der Waals surface area contributed by atoms with Gasteiger partial charge in [-0.1, -0.05) is 11.6 Å². The average molecular weight is 303 g/mol. The molecule has 0 aliphatic carbocycles. The van der Waals surface area contributed by atoms with E-state index in [0.29, 0.717) is 17.2 Å². The quantitative estimate of drug-likeness (QED) is 0.884. The molecule has 21 heavy (non-hydrogen) atoms. The van der Waals surface area contributed by atoms with Gasteiger partial charge in [-0.05, 0) is 24.3 Å². The van der Waals surface area contributed by atoms with Crippen LogP contribution in [0.4, 0.5) is 17.3 Å². The molecule has 1 saturated heterocycles. The van der Waals surface area contributed by atoms with E-state index >= 15 is 0 Å². The standard InChI is InChI=1S/C14H15ClN6/c15-10-1-3-11(4-2-10)20-5-7-21(8-6-20)14-12(9-16)13(17)18-19-14/h1-4H,5-8H2,(H3,17,18,19). The van der Waals surface area contributed by atoms with Crippen molar-refractivity contribution < 1.29 is 0 Å². The fourth-order valence-corrected chi connectivity index (χ4v) is 2.64. The minimum atomic E-state index is 0.327. The second kappa shape index (κ2) is 5.54. The highest BCUT2D eigenvalue weighted by molar-refractivity contribution is 6.30. The van der Waals surface area contributed by atoms with Crippen LogP contribution in [0.3, 0.4) is 0 Å². The normalized spacial score (nSPS) is 15.0. The van der Waals surface area contributed by atoms with Gasteiger partial charge in [0.1, 0.15) is 17.5 Å². The van der Waals surface area contributed by atoms with Gasteiger partial charge < -0.3 is 15.5 Å². The molecule has 0 radical (unpaired) electrons. The van der Waals surface area contributed by atoms with E-state index in [1.54, 1.807) is 0 Å². The predicted molar refractivity (Wildman–Crippen MR) is 83.6 cm³/mol. The summed E-state index contributed by atoms with van der Waals surface area (Å²) in [5.41, 5.74) is 7.28. The summed E-state index contributed by atoms with van der Waals surface area (Å²) in [6, 6.07) is 9.93. The molecule has 2 heterocycles. The highest BCUT2D eigenvalue weighted by atomic mass is 35.5. The number of anilines is 3. The van der Waals surface area contributed by atoms with Gasteiger partial charge in [-0.3, -0.25) is 5.10 Å². The topological polar surface area (TPSA) is 85.0 Å². The van der Waals surface area contributed by atoms with Gasteiger partial charge in [-0.25, -0.2) is 0 Å². The zero-order chi connectivity index (χ0) is 14.8. The number of nitriles is 1. The number of nitrogens with two attached hydrogens (primary N) is 1. The Kier molecular flexibility index (Phi) is 3.59. The van der Waals surface area contributed by atoms with E-state index in [2.05, 4.69) is 26.1 Å². The second-order valence-corrected chi connectivity index (χ2v) is 5.33. The van der Waals surface area contributed by atoms with Gasteiger partial charge in [0, 0.05) is 36.9 Å². The summed E-state index contributed by atoms with van der Waals surface area (Å²) < 4.78 is 0. The molecule has 0 unspecified atom stereocenters. The van der Waals surface area contributed by atoms with Crippen molar-refractivity contribution in [3.63, 3.8) is 0 Å². The third-order valence-corrected chi connectivity index (χ3v) is 3.91. The number of rotatable bonds is 2. The average Bonchev–Trinajstić information content (AvgIpc) is 2.89. The van der Waals surface area contributed by atoms with Crippen LogP contribution in [0.15, 0.2) is 24.3 Å². The monoisotopic (exact) mass is 302 g/mol. The van der Waals surface area contributed by atoms with Crippen LogP contribution >= 0.6 is 11.6 Å². The maximum Gasteiger partial charge on any atom is 0.170 e. The molecule has 1 aromatic carbocycles. The molecule has 1 aromatic heterocycles. The van der Waals surface area contributed by atoms with Crippen molar-refractivity contribution in [3.05, 3.63) is 34.9 Å². The molecule has 108 valence electrons. The molecule has 1 aliphatic heterocycles. The second-order valence-electron chi connectivity index (χ2n) is 4.90. The largest absolute Gasteiger partial charge is 0.383 e. The van der Waals surface area contributed by atoms with Crippen LogP contribution in [0.1, 0.15) is 5.56 Å². The summed E-state index contributed by atoms with van der Waals surface area (Å²) in [5.74, 6) is 0.971. The molecule has 3 rings (SSSR count). The molecule has 0 atom stereocenters. The first-order valence-electron chi connectivity index (χ1n) is 6.68. The van der Waals surface area contributed by atoms with E-state index in [4.69, 9.17) is 22.6 Å². The lowest BCUT2D eigenvalue weighted by Crippen LogP contribution is -2.46. The van der Waals surface area contributed by atoms with Crippen molar-refractivity contribution in [1.82, 2.24) is 10.2 Å². The number of aromatic nitrogens is 2. The number of benzene rings is 1. The van der Waals surface area contributed by atoms with E-state index in [0.717, 1.165) is 36.9 Å². The molecule has 0 amide bonds. The van der Waals surface area contributed by atoms with Crippen molar-refractivity contribution in [2.75, 3.05) is 41.7 Å². The van der Waals surface area contributed by atoms with Crippen LogP contribution in [-0.4, -0.2) is 36.4 Å². The number of aromatic amines is 1. The summed E-state index contributed by atoms with van der Waals surface area (Å²) in [6.07, 6.45) is 0. The van der Waals surface area contributed by atoms with Crippen molar-refractivity contribution in [2.45, 2.75) is 0 Å². The van der Waals surface area contributed by atoms with Gasteiger partial charge in [-0.2, -0.15) is 10.4 Å². The number of halogens is 1. The molecule has 1 aliphatic rings. The third kappa shape index (κ3) is 2.60. The maximum atomic E-state index is 9.14. The third-order valence-electron chi connectivity index (χ3n) is 3.66. The van der Waals surface area contributed by atoms with Crippen LogP contribution in [-0.2, 0) is 0 Å². The first kappa shape index (κ1) is 13.6. The highest BCUT2D eigenvalue weighted by Crippen LogP contribution is 2.25. The summed E-state index contributed by atoms with van der Waals surface area (Å²) in [4.78, 5) is 4.37. The molecule has 2 aromatic rings. The van der Waals surface area contributed by atoms with E-state index in [1.807, 2.05) is 24.3 Å². The minimum Gasteiger partial charge on any atom is -0.383 e. The molecule has 6 nitrogen and oxygen atoms in total. The summed E-state index contributed by atoms with van der Waals surface area (Å²) >= 11 is 5.91. The number of piperazine rings is 1. The van der Waals surface area contributed by atoms with E-state index in [-0.39, 0.29) is 0 Å². The Bertz CT molecular complexity index is 664. The smallest absolute Gasteiger partial charge is 0.170 e. The molecule has 7 heteroatoms. The number of H-pyrrole nitrogens is 1. The van der Waals surface area contributed by atoms with Gasteiger partial charge in [0.2, 0.25) is 0 Å². The zero-order valence-corrected chi connectivity index (χ0v) is 12.1. The highest BCUT2D eigenvalue weighted by Gasteiger charge is 2.22. The lowest BCUT2D eigenvalue weighted by Gasteiger charge is -2.36.